The molecule has 0 aliphatic heterocycles. The van der Waals surface area contributed by atoms with Crippen molar-refractivity contribution in [3.63, 3.8) is 0 Å². The number of hydrogen-bond acceptors (Lipinski definition) is 1. The van der Waals surface area contributed by atoms with Crippen LogP contribution in [0.25, 0.3) is 6.08 Å². The Kier molecular flexibility index (Phi) is 2.88. The minimum absolute atomic E-state index is 0.311. The van der Waals surface area contributed by atoms with E-state index in [0.29, 0.717) is 11.5 Å². The van der Waals surface area contributed by atoms with Crippen LogP contribution in [0, 0.1) is 29.1 Å². The average molecular weight is 332 g/mol. The zero-order valence-electron chi connectivity index (χ0n) is 15.4. The van der Waals surface area contributed by atoms with Crippen LogP contribution in [0.2, 0.25) is 0 Å². The Morgan fingerprint density at radius 3 is 2.96 bits per heavy atom. The molecule has 4 fully saturated rings. The molecule has 0 saturated heterocycles. The van der Waals surface area contributed by atoms with Crippen molar-refractivity contribution >= 4 is 12.3 Å². The van der Waals surface area contributed by atoms with E-state index in [9.17, 15) is 0 Å². The van der Waals surface area contributed by atoms with Crippen LogP contribution >= 0.6 is 0 Å². The van der Waals surface area contributed by atoms with Gasteiger partial charge < -0.3 is 0 Å². The van der Waals surface area contributed by atoms with Crippen molar-refractivity contribution in [3.8, 4) is 0 Å². The average Bonchev–Trinajstić information content (AvgIpc) is 2.83. The first-order chi connectivity index (χ1) is 12.2. The second kappa shape index (κ2) is 4.87. The smallest absolute Gasteiger partial charge is 0.0619 e. The molecule has 0 radical (unpaired) electrons. The minimum atomic E-state index is 0.311. The van der Waals surface area contributed by atoms with E-state index >= 15 is 0 Å². The molecule has 5 aliphatic carbocycles. The lowest BCUT2D eigenvalue weighted by molar-refractivity contribution is 0.0000983. The standard InChI is InChI=1S/C24H29N/c1-16-6-7-18-4-2-3-5-19(18)9-20(16)14-25-23-11-17-8-21-10-22(13-23)24(21,12-17)15-23/h2-5,9,14,16-17,21-22H,6-8,10-13,15H2,1H3. The van der Waals surface area contributed by atoms with Crippen LogP contribution in [0.15, 0.2) is 34.8 Å². The van der Waals surface area contributed by atoms with Gasteiger partial charge in [-0.1, -0.05) is 31.2 Å². The number of allylic oxidation sites excluding steroid dienone is 1. The molecule has 130 valence electrons. The van der Waals surface area contributed by atoms with Gasteiger partial charge >= 0.3 is 0 Å². The first kappa shape index (κ1) is 14.8. The third kappa shape index (κ3) is 1.99. The monoisotopic (exact) mass is 331 g/mol. The fraction of sp³-hybridized carbons (Fsp3) is 0.625. The van der Waals surface area contributed by atoms with E-state index in [-0.39, 0.29) is 0 Å². The minimum Gasteiger partial charge on any atom is -0.286 e. The summed E-state index contributed by atoms with van der Waals surface area (Å²) in [6, 6.07) is 8.92. The summed E-state index contributed by atoms with van der Waals surface area (Å²) in [5, 5.41) is 0. The first-order valence-electron chi connectivity index (χ1n) is 10.5. The Morgan fingerprint density at radius 1 is 1.08 bits per heavy atom. The van der Waals surface area contributed by atoms with Crippen LogP contribution in [-0.2, 0) is 6.42 Å². The predicted octanol–water partition coefficient (Wildman–Crippen LogP) is 5.69. The van der Waals surface area contributed by atoms with Gasteiger partial charge in [-0.25, -0.2) is 0 Å². The molecule has 1 spiro atoms. The Hall–Kier alpha value is -1.37. The summed E-state index contributed by atoms with van der Waals surface area (Å²) in [4.78, 5) is 5.38. The van der Waals surface area contributed by atoms with Crippen molar-refractivity contribution in [2.75, 3.05) is 0 Å². The maximum atomic E-state index is 5.38. The van der Waals surface area contributed by atoms with Gasteiger partial charge in [0.1, 0.15) is 0 Å². The highest BCUT2D eigenvalue weighted by Gasteiger charge is 2.70. The maximum absolute atomic E-state index is 5.38. The normalized spacial score (nSPS) is 46.5. The van der Waals surface area contributed by atoms with Gasteiger partial charge in [-0.05, 0) is 103 Å². The van der Waals surface area contributed by atoms with Crippen LogP contribution in [0.3, 0.4) is 0 Å². The molecule has 25 heavy (non-hydrogen) atoms. The molecule has 1 aromatic rings. The zero-order chi connectivity index (χ0) is 16.6. The third-order valence-corrected chi connectivity index (χ3v) is 8.72. The topological polar surface area (TPSA) is 12.4 Å². The van der Waals surface area contributed by atoms with E-state index in [1.807, 2.05) is 0 Å². The van der Waals surface area contributed by atoms with Gasteiger partial charge in [-0.3, -0.25) is 4.99 Å². The van der Waals surface area contributed by atoms with Gasteiger partial charge in [0.05, 0.1) is 5.54 Å². The Morgan fingerprint density at radius 2 is 2.00 bits per heavy atom. The molecule has 0 heterocycles. The summed E-state index contributed by atoms with van der Waals surface area (Å²) in [5.41, 5.74) is 5.44. The van der Waals surface area contributed by atoms with Gasteiger partial charge in [0, 0.05) is 6.21 Å². The molecule has 4 saturated carbocycles. The molecule has 3 bridgehead atoms. The maximum Gasteiger partial charge on any atom is 0.0619 e. The van der Waals surface area contributed by atoms with Gasteiger partial charge in [0.25, 0.3) is 0 Å². The molecular weight excluding hydrogens is 302 g/mol. The fourth-order valence-corrected chi connectivity index (χ4v) is 7.60. The quantitative estimate of drug-likeness (QED) is 0.617. The van der Waals surface area contributed by atoms with Crippen molar-refractivity contribution in [1.82, 2.24) is 0 Å². The first-order valence-corrected chi connectivity index (χ1v) is 10.5. The zero-order valence-corrected chi connectivity index (χ0v) is 15.4. The van der Waals surface area contributed by atoms with Crippen LogP contribution in [-0.4, -0.2) is 11.8 Å². The highest BCUT2D eigenvalue weighted by atomic mass is 14.9. The highest BCUT2D eigenvalue weighted by Crippen LogP contribution is 2.77. The fourth-order valence-electron chi connectivity index (χ4n) is 7.60. The molecule has 6 rings (SSSR count). The summed E-state index contributed by atoms with van der Waals surface area (Å²) in [6.07, 6.45) is 16.0. The number of hydrogen-bond donors (Lipinski definition) is 0. The van der Waals surface area contributed by atoms with Crippen molar-refractivity contribution < 1.29 is 0 Å². The molecular formula is C24H29N. The van der Waals surface area contributed by atoms with Crippen LogP contribution in [0.5, 0.6) is 0 Å². The van der Waals surface area contributed by atoms with Crippen molar-refractivity contribution in [2.45, 2.75) is 63.8 Å². The molecule has 1 heteroatoms. The van der Waals surface area contributed by atoms with Crippen molar-refractivity contribution in [3.05, 3.63) is 41.0 Å². The van der Waals surface area contributed by atoms with E-state index in [0.717, 1.165) is 23.2 Å². The molecule has 5 aliphatic rings. The molecule has 1 nitrogen and oxygen atoms in total. The Bertz CT molecular complexity index is 785. The lowest BCUT2D eigenvalue weighted by Crippen LogP contribution is -2.42. The van der Waals surface area contributed by atoms with E-state index in [1.165, 1.54) is 61.6 Å². The van der Waals surface area contributed by atoms with Gasteiger partial charge in [0.15, 0.2) is 0 Å². The molecule has 0 aromatic heterocycles. The molecule has 6 atom stereocenters. The molecule has 1 aromatic carbocycles. The summed E-state index contributed by atoms with van der Waals surface area (Å²) in [7, 11) is 0. The van der Waals surface area contributed by atoms with Gasteiger partial charge in [-0.2, -0.15) is 0 Å². The molecule has 0 amide bonds. The summed E-state index contributed by atoms with van der Waals surface area (Å²) in [6.45, 7) is 2.39. The second-order valence-corrected chi connectivity index (χ2v) is 10.0. The van der Waals surface area contributed by atoms with Gasteiger partial charge in [0.2, 0.25) is 0 Å². The van der Waals surface area contributed by atoms with E-state index in [1.54, 1.807) is 6.42 Å². The molecule has 6 unspecified atom stereocenters. The second-order valence-electron chi connectivity index (χ2n) is 10.0. The summed E-state index contributed by atoms with van der Waals surface area (Å²) in [5.74, 6) is 3.70. The number of nitrogens with zero attached hydrogens (tertiary/aromatic N) is 1. The highest BCUT2D eigenvalue weighted by molar-refractivity contribution is 5.87. The number of aryl methyl sites for hydroxylation is 1. The lowest BCUT2D eigenvalue weighted by atomic mass is 9.56. The van der Waals surface area contributed by atoms with E-state index in [4.69, 9.17) is 4.99 Å². The number of fused-ring (bicyclic) bond motifs is 3. The van der Waals surface area contributed by atoms with Crippen LogP contribution in [0.1, 0.15) is 63.0 Å². The van der Waals surface area contributed by atoms with Crippen LogP contribution < -0.4 is 0 Å². The molecule has 0 N–H and O–H groups in total. The third-order valence-electron chi connectivity index (χ3n) is 8.72. The Balaban J connectivity index is 1.33. The van der Waals surface area contributed by atoms with Crippen molar-refractivity contribution in [2.24, 2.45) is 34.1 Å². The van der Waals surface area contributed by atoms with Crippen LogP contribution in [0.4, 0.5) is 0 Å². The lowest BCUT2D eigenvalue weighted by Gasteiger charge is -2.49. The number of benzene rings is 1. The SMILES string of the molecule is CC1CCc2ccccc2C=C1C=NC12CC3CC4CC(C1)C4(C3)C2. The van der Waals surface area contributed by atoms with Crippen molar-refractivity contribution in [1.29, 1.82) is 0 Å². The predicted molar refractivity (Wildman–Crippen MR) is 104 cm³/mol. The Labute approximate surface area is 151 Å². The van der Waals surface area contributed by atoms with Gasteiger partial charge in [-0.15, -0.1) is 0 Å². The van der Waals surface area contributed by atoms with E-state index in [2.05, 4.69) is 43.5 Å². The number of aliphatic imine (C=N–C) groups is 1. The summed E-state index contributed by atoms with van der Waals surface area (Å²) >= 11 is 0. The van der Waals surface area contributed by atoms with E-state index < -0.39 is 0 Å². The number of rotatable bonds is 2. The summed E-state index contributed by atoms with van der Waals surface area (Å²) < 4.78 is 0. The largest absolute Gasteiger partial charge is 0.286 e.